The van der Waals surface area contributed by atoms with Crippen molar-refractivity contribution in [3.05, 3.63) is 54.1 Å². The Morgan fingerprint density at radius 3 is 2.44 bits per heavy atom. The molecule has 0 aliphatic heterocycles. The largest absolute Gasteiger partial charge is 0.326 e. The quantitative estimate of drug-likeness (QED) is 0.737. The second-order valence-electron chi connectivity index (χ2n) is 4.47. The summed E-state index contributed by atoms with van der Waals surface area (Å²) in [6.07, 6.45) is 0. The zero-order chi connectivity index (χ0) is 12.5. The molecule has 1 heterocycles. The highest BCUT2D eigenvalue weighted by atomic mass is 15.2. The molecule has 0 spiro atoms. The lowest BCUT2D eigenvalue weighted by atomic mass is 10.2. The molecule has 3 nitrogen and oxygen atoms in total. The number of anilines is 2. The average Bonchev–Trinajstić information content (AvgIpc) is 2.70. The van der Waals surface area contributed by atoms with Gasteiger partial charge in [-0.25, -0.2) is 4.98 Å². The number of hydrogen-bond donors (Lipinski definition) is 1. The van der Waals surface area contributed by atoms with E-state index in [2.05, 4.69) is 52.1 Å². The second kappa shape index (κ2) is 4.18. The molecule has 3 heteroatoms. The Hall–Kier alpha value is -2.29. The normalized spacial score (nSPS) is 10.8. The molecule has 0 aliphatic carbocycles. The maximum atomic E-state index is 4.58. The van der Waals surface area contributed by atoms with Gasteiger partial charge in [0, 0.05) is 12.7 Å². The van der Waals surface area contributed by atoms with E-state index in [0.717, 1.165) is 22.7 Å². The van der Waals surface area contributed by atoms with Gasteiger partial charge >= 0.3 is 0 Å². The number of rotatable bonds is 2. The van der Waals surface area contributed by atoms with Crippen LogP contribution in [0.5, 0.6) is 0 Å². The molecule has 90 valence electrons. The van der Waals surface area contributed by atoms with Gasteiger partial charge in [-0.15, -0.1) is 0 Å². The van der Waals surface area contributed by atoms with Crippen LogP contribution in [0.2, 0.25) is 0 Å². The molecule has 18 heavy (non-hydrogen) atoms. The van der Waals surface area contributed by atoms with Gasteiger partial charge in [0.1, 0.15) is 0 Å². The average molecular weight is 237 g/mol. The van der Waals surface area contributed by atoms with Crippen LogP contribution in [0.4, 0.5) is 11.6 Å². The van der Waals surface area contributed by atoms with Gasteiger partial charge in [0.05, 0.1) is 11.0 Å². The molecular formula is C15H15N3. The van der Waals surface area contributed by atoms with E-state index in [4.69, 9.17) is 0 Å². The second-order valence-corrected chi connectivity index (χ2v) is 4.47. The molecule has 0 saturated carbocycles. The van der Waals surface area contributed by atoms with Crippen molar-refractivity contribution in [2.75, 3.05) is 5.32 Å². The first kappa shape index (κ1) is 10.8. The first-order valence-corrected chi connectivity index (χ1v) is 5.99. The number of fused-ring (bicyclic) bond motifs is 1. The summed E-state index contributed by atoms with van der Waals surface area (Å²) in [6, 6.07) is 16.4. The third-order valence-electron chi connectivity index (χ3n) is 3.09. The fourth-order valence-electron chi connectivity index (χ4n) is 2.02. The standard InChI is InChI=1S/C15H15N3/c1-11-7-9-12(10-8-11)16-15-17-13-5-3-4-6-14(13)18(15)2/h3-10H,1-2H3,(H,16,17). The molecule has 3 rings (SSSR count). The third kappa shape index (κ3) is 1.84. The fraction of sp³-hybridized carbons (Fsp3) is 0.133. The van der Waals surface area contributed by atoms with Crippen LogP contribution >= 0.6 is 0 Å². The molecule has 0 fully saturated rings. The Balaban J connectivity index is 1.99. The first-order chi connectivity index (χ1) is 8.74. The lowest BCUT2D eigenvalue weighted by Gasteiger charge is -2.06. The maximum Gasteiger partial charge on any atom is 0.208 e. The van der Waals surface area contributed by atoms with Gasteiger partial charge in [-0.2, -0.15) is 0 Å². The highest BCUT2D eigenvalue weighted by Gasteiger charge is 2.06. The van der Waals surface area contributed by atoms with Crippen molar-refractivity contribution in [3.63, 3.8) is 0 Å². The van der Waals surface area contributed by atoms with E-state index >= 15 is 0 Å². The van der Waals surface area contributed by atoms with Gasteiger partial charge in [0.15, 0.2) is 0 Å². The van der Waals surface area contributed by atoms with Gasteiger partial charge in [-0.05, 0) is 31.2 Å². The van der Waals surface area contributed by atoms with Crippen molar-refractivity contribution in [2.45, 2.75) is 6.92 Å². The van der Waals surface area contributed by atoms with E-state index < -0.39 is 0 Å². The molecule has 0 amide bonds. The van der Waals surface area contributed by atoms with Crippen molar-refractivity contribution < 1.29 is 0 Å². The molecule has 2 aromatic carbocycles. The van der Waals surface area contributed by atoms with Crippen molar-refractivity contribution in [2.24, 2.45) is 7.05 Å². The van der Waals surface area contributed by atoms with Crippen molar-refractivity contribution in [3.8, 4) is 0 Å². The molecule has 1 N–H and O–H groups in total. The molecule has 1 aromatic heterocycles. The lowest BCUT2D eigenvalue weighted by Crippen LogP contribution is -1.98. The number of benzene rings is 2. The Labute approximate surface area is 106 Å². The van der Waals surface area contributed by atoms with Crippen LogP contribution < -0.4 is 5.32 Å². The molecule has 0 unspecified atom stereocenters. The summed E-state index contributed by atoms with van der Waals surface area (Å²) >= 11 is 0. The number of aryl methyl sites for hydroxylation is 2. The Morgan fingerprint density at radius 2 is 1.72 bits per heavy atom. The molecule has 0 radical (unpaired) electrons. The van der Waals surface area contributed by atoms with E-state index in [1.165, 1.54) is 5.56 Å². The van der Waals surface area contributed by atoms with E-state index in [-0.39, 0.29) is 0 Å². The van der Waals surface area contributed by atoms with E-state index in [1.807, 2.05) is 25.2 Å². The molecule has 0 aliphatic rings. The predicted molar refractivity (Wildman–Crippen MR) is 75.2 cm³/mol. The van der Waals surface area contributed by atoms with Crippen LogP contribution in [0, 0.1) is 6.92 Å². The van der Waals surface area contributed by atoms with E-state index in [1.54, 1.807) is 0 Å². The first-order valence-electron chi connectivity index (χ1n) is 5.99. The van der Waals surface area contributed by atoms with Gasteiger partial charge in [0.25, 0.3) is 0 Å². The van der Waals surface area contributed by atoms with Gasteiger partial charge < -0.3 is 9.88 Å². The summed E-state index contributed by atoms with van der Waals surface area (Å²) in [7, 11) is 2.02. The van der Waals surface area contributed by atoms with Crippen LogP contribution in [0.3, 0.4) is 0 Å². The highest BCUT2D eigenvalue weighted by Crippen LogP contribution is 2.21. The summed E-state index contributed by atoms with van der Waals surface area (Å²) in [4.78, 5) is 4.58. The van der Waals surface area contributed by atoms with E-state index in [9.17, 15) is 0 Å². The zero-order valence-corrected chi connectivity index (χ0v) is 10.5. The lowest BCUT2D eigenvalue weighted by molar-refractivity contribution is 0.958. The SMILES string of the molecule is Cc1ccc(Nc2nc3ccccc3n2C)cc1. The van der Waals surface area contributed by atoms with Gasteiger partial charge in [-0.1, -0.05) is 29.8 Å². The van der Waals surface area contributed by atoms with Crippen LogP contribution in [-0.4, -0.2) is 9.55 Å². The number of hydrogen-bond acceptors (Lipinski definition) is 2. The van der Waals surface area contributed by atoms with Gasteiger partial charge in [-0.3, -0.25) is 0 Å². The fourth-order valence-corrected chi connectivity index (χ4v) is 2.02. The smallest absolute Gasteiger partial charge is 0.208 e. The van der Waals surface area contributed by atoms with Crippen LogP contribution in [0.15, 0.2) is 48.5 Å². The van der Waals surface area contributed by atoms with E-state index in [0.29, 0.717) is 0 Å². The minimum atomic E-state index is 0.861. The van der Waals surface area contributed by atoms with Crippen molar-refractivity contribution in [1.29, 1.82) is 0 Å². The number of para-hydroxylation sites is 2. The number of nitrogens with zero attached hydrogens (tertiary/aromatic N) is 2. The number of imidazole rings is 1. The molecule has 0 saturated heterocycles. The summed E-state index contributed by atoms with van der Waals surface area (Å²) in [5, 5.41) is 3.34. The summed E-state index contributed by atoms with van der Waals surface area (Å²) in [6.45, 7) is 2.08. The zero-order valence-electron chi connectivity index (χ0n) is 10.5. The predicted octanol–water partition coefficient (Wildman–Crippen LogP) is 3.63. The Bertz CT molecular complexity index is 681. The van der Waals surface area contributed by atoms with Crippen molar-refractivity contribution in [1.82, 2.24) is 9.55 Å². The number of aromatic nitrogens is 2. The molecule has 0 bridgehead atoms. The highest BCUT2D eigenvalue weighted by molar-refractivity contribution is 5.79. The Morgan fingerprint density at radius 1 is 1.00 bits per heavy atom. The molecule has 0 atom stereocenters. The minimum Gasteiger partial charge on any atom is -0.326 e. The van der Waals surface area contributed by atoms with Crippen LogP contribution in [-0.2, 0) is 7.05 Å². The molecule has 3 aromatic rings. The monoisotopic (exact) mass is 237 g/mol. The molecular weight excluding hydrogens is 222 g/mol. The summed E-state index contributed by atoms with van der Waals surface area (Å²) in [5.41, 5.74) is 4.45. The van der Waals surface area contributed by atoms with Gasteiger partial charge in [0.2, 0.25) is 5.95 Å². The third-order valence-corrected chi connectivity index (χ3v) is 3.09. The van der Waals surface area contributed by atoms with Crippen LogP contribution in [0.1, 0.15) is 5.56 Å². The minimum absolute atomic E-state index is 0.861. The Kier molecular flexibility index (Phi) is 2.52. The maximum absolute atomic E-state index is 4.58. The summed E-state index contributed by atoms with van der Waals surface area (Å²) in [5.74, 6) is 0.861. The topological polar surface area (TPSA) is 29.9 Å². The van der Waals surface area contributed by atoms with Crippen LogP contribution in [0.25, 0.3) is 11.0 Å². The van der Waals surface area contributed by atoms with Crippen molar-refractivity contribution >= 4 is 22.7 Å². The summed E-state index contributed by atoms with van der Waals surface area (Å²) < 4.78 is 2.06. The number of nitrogens with one attached hydrogen (secondary N) is 1.